The highest BCUT2D eigenvalue weighted by Gasteiger charge is 2.02. The second-order valence-electron chi connectivity index (χ2n) is 1.95. The lowest BCUT2D eigenvalue weighted by Gasteiger charge is -1.90. The van der Waals surface area contributed by atoms with Gasteiger partial charge in [-0.2, -0.15) is 0 Å². The molecule has 0 aliphatic heterocycles. The number of halogens is 1. The second kappa shape index (κ2) is 4.10. The lowest BCUT2D eigenvalue weighted by Crippen LogP contribution is -1.85. The van der Waals surface area contributed by atoms with Crippen molar-refractivity contribution in [2.75, 3.05) is 0 Å². The van der Waals surface area contributed by atoms with Gasteiger partial charge in [0.1, 0.15) is 22.9 Å². The first-order valence-electron chi connectivity index (χ1n) is 3.00. The minimum atomic E-state index is -0.453. The highest BCUT2D eigenvalue weighted by atomic mass is 127. The molecule has 0 aromatic heterocycles. The summed E-state index contributed by atoms with van der Waals surface area (Å²) in [6.07, 6.45) is 0. The molecule has 1 aromatic carbocycles. The van der Waals surface area contributed by atoms with Crippen molar-refractivity contribution in [3.63, 3.8) is 0 Å². The summed E-state index contributed by atoms with van der Waals surface area (Å²) in [6.45, 7) is 0. The zero-order valence-electron chi connectivity index (χ0n) is 5.85. The van der Waals surface area contributed by atoms with Crippen LogP contribution in [0, 0.1) is 10.1 Å². The van der Waals surface area contributed by atoms with E-state index in [4.69, 9.17) is 0 Å². The first-order valence-corrected chi connectivity index (χ1v) is 3.97. The number of non-ortho nitro benzene ring substituents is 1. The van der Waals surface area contributed by atoms with Gasteiger partial charge in [-0.1, -0.05) is 0 Å². The molecule has 0 saturated carbocycles. The van der Waals surface area contributed by atoms with Gasteiger partial charge in [0, 0.05) is 12.1 Å². The first kappa shape index (κ1) is 9.04. The van der Waals surface area contributed by atoms with Gasteiger partial charge in [0.25, 0.3) is 5.69 Å². The predicted molar refractivity (Wildman–Crippen MR) is 51.6 cm³/mol. The Morgan fingerprint density at radius 3 is 2.33 bits per heavy atom. The molecule has 1 aromatic rings. The van der Waals surface area contributed by atoms with Crippen LogP contribution in [0.15, 0.2) is 32.7 Å². The fourth-order valence-corrected chi connectivity index (χ4v) is 0.934. The Labute approximate surface area is 82.1 Å². The largest absolute Gasteiger partial charge is 0.269 e. The molecule has 0 saturated heterocycles. The molecule has 0 fully saturated rings. The number of hydrogen-bond acceptors (Lipinski definition) is 4. The molecule has 12 heavy (non-hydrogen) atoms. The quantitative estimate of drug-likeness (QED) is 0.361. The number of nitro benzene ring substituents is 1. The monoisotopic (exact) mass is 277 g/mol. The van der Waals surface area contributed by atoms with Crippen molar-refractivity contribution in [3.8, 4) is 0 Å². The summed E-state index contributed by atoms with van der Waals surface area (Å²) in [5.41, 5.74) is 0.664. The van der Waals surface area contributed by atoms with E-state index in [0.29, 0.717) is 5.69 Å². The van der Waals surface area contributed by atoms with Crippen LogP contribution in [0.3, 0.4) is 0 Å². The van der Waals surface area contributed by atoms with Gasteiger partial charge in [-0.15, -0.1) is 8.44 Å². The van der Waals surface area contributed by atoms with Crippen molar-refractivity contribution in [3.05, 3.63) is 34.4 Å². The van der Waals surface area contributed by atoms with Crippen molar-refractivity contribution >= 4 is 34.2 Å². The van der Waals surface area contributed by atoms with E-state index in [9.17, 15) is 10.1 Å². The van der Waals surface area contributed by atoms with Crippen LogP contribution in [0.25, 0.3) is 0 Å². The molecule has 0 N–H and O–H groups in total. The Bertz CT molecular complexity index is 309. The molecule has 0 spiro atoms. The maximum atomic E-state index is 10.2. The van der Waals surface area contributed by atoms with E-state index >= 15 is 0 Å². The van der Waals surface area contributed by atoms with Crippen molar-refractivity contribution in [2.24, 2.45) is 8.44 Å². The maximum Gasteiger partial charge on any atom is 0.269 e. The van der Waals surface area contributed by atoms with E-state index in [-0.39, 0.29) is 5.69 Å². The molecule has 0 unspecified atom stereocenters. The zero-order valence-corrected chi connectivity index (χ0v) is 8.00. The second-order valence-corrected chi connectivity index (χ2v) is 2.38. The van der Waals surface area contributed by atoms with Crippen LogP contribution < -0.4 is 0 Å². The average molecular weight is 277 g/mol. The van der Waals surface area contributed by atoms with Crippen LogP contribution in [0.1, 0.15) is 0 Å². The summed E-state index contributed by atoms with van der Waals surface area (Å²) >= 11 is 1.74. The lowest BCUT2D eigenvalue weighted by molar-refractivity contribution is -0.384. The molecule has 0 amide bonds. The van der Waals surface area contributed by atoms with E-state index in [1.807, 2.05) is 0 Å². The number of hydrogen-bond donors (Lipinski definition) is 0. The molecule has 0 radical (unpaired) electrons. The zero-order chi connectivity index (χ0) is 8.97. The van der Waals surface area contributed by atoms with E-state index in [1.54, 1.807) is 35.0 Å². The van der Waals surface area contributed by atoms with Gasteiger partial charge in [-0.05, 0) is 12.1 Å². The van der Waals surface area contributed by atoms with Gasteiger partial charge in [0.2, 0.25) is 0 Å². The lowest BCUT2D eigenvalue weighted by atomic mass is 10.3. The fourth-order valence-electron chi connectivity index (χ4n) is 0.685. The summed E-state index contributed by atoms with van der Waals surface area (Å²) in [6, 6.07) is 5.86. The highest BCUT2D eigenvalue weighted by molar-refractivity contribution is 14.1. The molecule has 0 bridgehead atoms. The molecule has 6 heteroatoms. The molecule has 62 valence electrons. The van der Waals surface area contributed by atoms with Gasteiger partial charge in [-0.25, -0.2) is 0 Å². The minimum Gasteiger partial charge on any atom is -0.258 e. The molecule has 0 aliphatic carbocycles. The SMILES string of the molecule is O=[N+]([O-])c1ccc(N=NI)cc1. The van der Waals surface area contributed by atoms with Gasteiger partial charge in [0.15, 0.2) is 0 Å². The Morgan fingerprint density at radius 1 is 1.33 bits per heavy atom. The Balaban J connectivity index is 2.93. The molecule has 1 rings (SSSR count). The summed E-state index contributed by atoms with van der Waals surface area (Å²) in [4.78, 5) is 9.77. The fraction of sp³-hybridized carbons (Fsp3) is 0. The van der Waals surface area contributed by atoms with E-state index < -0.39 is 4.92 Å². The molecule has 0 aliphatic rings. The van der Waals surface area contributed by atoms with Gasteiger partial charge < -0.3 is 0 Å². The van der Waals surface area contributed by atoms with Gasteiger partial charge in [-0.3, -0.25) is 10.1 Å². The normalized spacial score (nSPS) is 10.4. The smallest absolute Gasteiger partial charge is 0.258 e. The third-order valence-corrected chi connectivity index (χ3v) is 1.43. The summed E-state index contributed by atoms with van der Waals surface area (Å²) < 4.78 is 3.51. The van der Waals surface area contributed by atoms with Crippen LogP contribution in [-0.2, 0) is 0 Å². The molecule has 0 heterocycles. The van der Waals surface area contributed by atoms with Crippen LogP contribution in [0.4, 0.5) is 11.4 Å². The third kappa shape index (κ3) is 2.22. The van der Waals surface area contributed by atoms with E-state index in [1.165, 1.54) is 12.1 Å². The molecule has 0 atom stereocenters. The van der Waals surface area contributed by atoms with E-state index in [2.05, 4.69) is 8.44 Å². The van der Waals surface area contributed by atoms with Gasteiger partial charge >= 0.3 is 0 Å². The van der Waals surface area contributed by atoms with Crippen LogP contribution >= 0.6 is 22.9 Å². The first-order chi connectivity index (χ1) is 5.74. The van der Waals surface area contributed by atoms with E-state index in [0.717, 1.165) is 0 Å². The van der Waals surface area contributed by atoms with Crippen LogP contribution in [0.5, 0.6) is 0 Å². The number of rotatable bonds is 2. The van der Waals surface area contributed by atoms with Gasteiger partial charge in [0.05, 0.1) is 10.6 Å². The van der Waals surface area contributed by atoms with Crippen molar-refractivity contribution < 1.29 is 4.92 Å². The average Bonchev–Trinajstić information content (AvgIpc) is 2.06. The number of nitrogens with zero attached hydrogens (tertiary/aromatic N) is 3. The molecule has 5 nitrogen and oxygen atoms in total. The number of nitro groups is 1. The highest BCUT2D eigenvalue weighted by Crippen LogP contribution is 2.18. The van der Waals surface area contributed by atoms with Crippen LogP contribution in [0.2, 0.25) is 0 Å². The summed E-state index contributed by atoms with van der Waals surface area (Å²) in [5.74, 6) is 0. The summed E-state index contributed by atoms with van der Waals surface area (Å²) in [5, 5.41) is 13.9. The van der Waals surface area contributed by atoms with Crippen LogP contribution in [-0.4, -0.2) is 4.92 Å². The molecular weight excluding hydrogens is 273 g/mol. The Morgan fingerprint density at radius 2 is 1.92 bits per heavy atom. The van der Waals surface area contributed by atoms with Crippen molar-refractivity contribution in [2.45, 2.75) is 0 Å². The number of benzene rings is 1. The topological polar surface area (TPSA) is 67.9 Å². The minimum absolute atomic E-state index is 0.0578. The Hall–Kier alpha value is -1.05. The van der Waals surface area contributed by atoms with Crippen molar-refractivity contribution in [1.29, 1.82) is 0 Å². The predicted octanol–water partition coefficient (Wildman–Crippen LogP) is 3.03. The standard InChI is InChI=1S/C6H4IN3O2/c7-9-8-5-1-3-6(4-2-5)10(11)12/h1-4H. The Kier molecular flexibility index (Phi) is 3.09. The molecular formula is C6H4IN3O2. The van der Waals surface area contributed by atoms with Crippen molar-refractivity contribution in [1.82, 2.24) is 0 Å². The maximum absolute atomic E-state index is 10.2. The summed E-state index contributed by atoms with van der Waals surface area (Å²) in [7, 11) is 0. The third-order valence-electron chi connectivity index (χ3n) is 1.21.